The van der Waals surface area contributed by atoms with Crippen molar-refractivity contribution in [1.29, 1.82) is 0 Å². The van der Waals surface area contributed by atoms with E-state index in [1.807, 2.05) is 0 Å². The van der Waals surface area contributed by atoms with E-state index >= 15 is 0 Å². The number of carbonyl (C=O) groups is 2. The highest BCUT2D eigenvalue weighted by molar-refractivity contribution is 5.84. The maximum atomic E-state index is 11.7. The molecule has 0 aliphatic heterocycles. The van der Waals surface area contributed by atoms with Crippen LogP contribution in [-0.4, -0.2) is 23.0 Å². The molecule has 0 radical (unpaired) electrons. The third-order valence-corrected chi connectivity index (χ3v) is 3.25. The lowest BCUT2D eigenvalue weighted by molar-refractivity contribution is -0.146. The zero-order valence-corrected chi connectivity index (χ0v) is 9.32. The number of carboxylic acid groups (broad SMARTS) is 1. The molecule has 1 rings (SSSR count). The Morgan fingerprint density at radius 1 is 1.20 bits per heavy atom. The van der Waals surface area contributed by atoms with Crippen molar-refractivity contribution in [2.24, 2.45) is 11.8 Å². The topological polar surface area (TPSA) is 66.4 Å². The van der Waals surface area contributed by atoms with Crippen LogP contribution < -0.4 is 5.32 Å². The molecule has 86 valence electrons. The van der Waals surface area contributed by atoms with Gasteiger partial charge >= 0.3 is 5.97 Å². The van der Waals surface area contributed by atoms with Crippen LogP contribution in [0.3, 0.4) is 0 Å². The standard InChI is InChI=1S/C11H19NO3/c1-7(8(2)11(14)15)10(13)12-9-5-3-4-6-9/h7-9H,3-6H2,1-2H3,(H,12,13)(H,14,15). The molecular formula is C11H19NO3. The van der Waals surface area contributed by atoms with Crippen LogP contribution in [0.15, 0.2) is 0 Å². The Labute approximate surface area is 90.0 Å². The first-order chi connectivity index (χ1) is 7.02. The lowest BCUT2D eigenvalue weighted by atomic mass is 9.95. The summed E-state index contributed by atoms with van der Waals surface area (Å²) in [4.78, 5) is 22.4. The van der Waals surface area contributed by atoms with Gasteiger partial charge in [0.15, 0.2) is 0 Å². The van der Waals surface area contributed by atoms with E-state index in [-0.39, 0.29) is 11.9 Å². The molecule has 1 aliphatic rings. The minimum absolute atomic E-state index is 0.128. The van der Waals surface area contributed by atoms with Gasteiger partial charge in [-0.25, -0.2) is 0 Å². The predicted octanol–water partition coefficient (Wildman–Crippen LogP) is 1.40. The van der Waals surface area contributed by atoms with E-state index in [0.29, 0.717) is 0 Å². The number of rotatable bonds is 4. The van der Waals surface area contributed by atoms with Crippen molar-refractivity contribution in [3.8, 4) is 0 Å². The van der Waals surface area contributed by atoms with E-state index in [2.05, 4.69) is 5.32 Å². The Morgan fingerprint density at radius 3 is 2.20 bits per heavy atom. The summed E-state index contributed by atoms with van der Waals surface area (Å²) in [5.74, 6) is -2.12. The Hall–Kier alpha value is -1.06. The summed E-state index contributed by atoms with van der Waals surface area (Å²) in [5, 5.41) is 11.7. The average Bonchev–Trinajstić information content (AvgIpc) is 2.67. The summed E-state index contributed by atoms with van der Waals surface area (Å²) in [6.07, 6.45) is 4.38. The van der Waals surface area contributed by atoms with E-state index in [1.54, 1.807) is 13.8 Å². The van der Waals surface area contributed by atoms with Gasteiger partial charge in [0.25, 0.3) is 0 Å². The minimum Gasteiger partial charge on any atom is -0.481 e. The largest absolute Gasteiger partial charge is 0.481 e. The van der Waals surface area contributed by atoms with Crippen molar-refractivity contribution in [3.63, 3.8) is 0 Å². The molecule has 0 aromatic carbocycles. The summed E-state index contributed by atoms with van der Waals surface area (Å²) in [7, 11) is 0. The van der Waals surface area contributed by atoms with Crippen molar-refractivity contribution in [2.75, 3.05) is 0 Å². The number of carboxylic acids is 1. The molecule has 0 aromatic rings. The monoisotopic (exact) mass is 213 g/mol. The van der Waals surface area contributed by atoms with Gasteiger partial charge in [0, 0.05) is 12.0 Å². The van der Waals surface area contributed by atoms with Gasteiger partial charge in [-0.05, 0) is 12.8 Å². The van der Waals surface area contributed by atoms with Crippen molar-refractivity contribution < 1.29 is 14.7 Å². The molecule has 2 unspecified atom stereocenters. The number of amides is 1. The first-order valence-corrected chi connectivity index (χ1v) is 5.55. The molecule has 1 fully saturated rings. The molecule has 0 saturated heterocycles. The van der Waals surface area contributed by atoms with Gasteiger partial charge in [0.05, 0.1) is 5.92 Å². The maximum absolute atomic E-state index is 11.7. The van der Waals surface area contributed by atoms with Gasteiger partial charge < -0.3 is 10.4 Å². The second-order valence-electron chi connectivity index (χ2n) is 4.41. The van der Waals surface area contributed by atoms with Crippen LogP contribution in [0.25, 0.3) is 0 Å². The minimum atomic E-state index is -0.913. The van der Waals surface area contributed by atoms with Gasteiger partial charge in [-0.1, -0.05) is 26.7 Å². The van der Waals surface area contributed by atoms with Crippen LogP contribution in [0.2, 0.25) is 0 Å². The van der Waals surface area contributed by atoms with E-state index in [9.17, 15) is 9.59 Å². The highest BCUT2D eigenvalue weighted by Crippen LogP contribution is 2.19. The summed E-state index contributed by atoms with van der Waals surface area (Å²) in [6.45, 7) is 3.24. The van der Waals surface area contributed by atoms with Crippen LogP contribution in [-0.2, 0) is 9.59 Å². The van der Waals surface area contributed by atoms with Crippen LogP contribution in [0.5, 0.6) is 0 Å². The highest BCUT2D eigenvalue weighted by Gasteiger charge is 2.27. The lowest BCUT2D eigenvalue weighted by Crippen LogP contribution is -2.40. The molecule has 2 atom stereocenters. The third-order valence-electron chi connectivity index (χ3n) is 3.25. The Bertz CT molecular complexity index is 246. The quantitative estimate of drug-likeness (QED) is 0.741. The Kier molecular flexibility index (Phi) is 4.12. The van der Waals surface area contributed by atoms with Gasteiger partial charge in [-0.2, -0.15) is 0 Å². The third kappa shape index (κ3) is 3.22. The Balaban J connectivity index is 2.41. The second-order valence-corrected chi connectivity index (χ2v) is 4.41. The van der Waals surface area contributed by atoms with E-state index in [4.69, 9.17) is 5.11 Å². The van der Waals surface area contributed by atoms with Gasteiger partial charge in [-0.15, -0.1) is 0 Å². The van der Waals surface area contributed by atoms with Crippen molar-refractivity contribution in [2.45, 2.75) is 45.6 Å². The van der Waals surface area contributed by atoms with Crippen LogP contribution in [0, 0.1) is 11.8 Å². The number of carbonyl (C=O) groups excluding carboxylic acids is 1. The SMILES string of the molecule is CC(C(=O)O)C(C)C(=O)NC1CCCC1. The molecule has 15 heavy (non-hydrogen) atoms. The molecule has 0 bridgehead atoms. The molecule has 1 aliphatic carbocycles. The molecular weight excluding hydrogens is 194 g/mol. The summed E-state index contributed by atoms with van der Waals surface area (Å²) in [5.41, 5.74) is 0. The zero-order chi connectivity index (χ0) is 11.4. The molecule has 4 heteroatoms. The molecule has 4 nitrogen and oxygen atoms in total. The summed E-state index contributed by atoms with van der Waals surface area (Å²) in [6, 6.07) is 0.265. The molecule has 2 N–H and O–H groups in total. The first-order valence-electron chi connectivity index (χ1n) is 5.55. The lowest BCUT2D eigenvalue weighted by Gasteiger charge is -2.19. The summed E-state index contributed by atoms with van der Waals surface area (Å²) < 4.78 is 0. The van der Waals surface area contributed by atoms with E-state index < -0.39 is 17.8 Å². The first kappa shape index (κ1) is 12.0. The number of aliphatic carboxylic acids is 1. The molecule has 0 heterocycles. The molecule has 1 saturated carbocycles. The average molecular weight is 213 g/mol. The molecule has 1 amide bonds. The predicted molar refractivity (Wildman–Crippen MR) is 56.4 cm³/mol. The van der Waals surface area contributed by atoms with Gasteiger partial charge in [-0.3, -0.25) is 9.59 Å². The van der Waals surface area contributed by atoms with E-state index in [1.165, 1.54) is 0 Å². The fraction of sp³-hybridized carbons (Fsp3) is 0.818. The molecule has 0 spiro atoms. The normalized spacial score (nSPS) is 20.9. The van der Waals surface area contributed by atoms with Gasteiger partial charge in [0.1, 0.15) is 0 Å². The van der Waals surface area contributed by atoms with E-state index in [0.717, 1.165) is 25.7 Å². The number of hydrogen-bond donors (Lipinski definition) is 2. The van der Waals surface area contributed by atoms with Crippen molar-refractivity contribution >= 4 is 11.9 Å². The number of nitrogens with one attached hydrogen (secondary N) is 1. The molecule has 0 aromatic heterocycles. The second kappa shape index (κ2) is 5.14. The van der Waals surface area contributed by atoms with Crippen LogP contribution in [0.1, 0.15) is 39.5 Å². The zero-order valence-electron chi connectivity index (χ0n) is 9.32. The van der Waals surface area contributed by atoms with Crippen LogP contribution in [0.4, 0.5) is 0 Å². The highest BCUT2D eigenvalue weighted by atomic mass is 16.4. The smallest absolute Gasteiger partial charge is 0.307 e. The van der Waals surface area contributed by atoms with Crippen molar-refractivity contribution in [1.82, 2.24) is 5.32 Å². The fourth-order valence-electron chi connectivity index (χ4n) is 1.84. The van der Waals surface area contributed by atoms with Gasteiger partial charge in [0.2, 0.25) is 5.91 Å². The summed E-state index contributed by atoms with van der Waals surface area (Å²) >= 11 is 0. The number of hydrogen-bond acceptors (Lipinski definition) is 2. The van der Waals surface area contributed by atoms with Crippen LogP contribution >= 0.6 is 0 Å². The maximum Gasteiger partial charge on any atom is 0.307 e. The Morgan fingerprint density at radius 2 is 1.73 bits per heavy atom. The fourth-order valence-corrected chi connectivity index (χ4v) is 1.84. The van der Waals surface area contributed by atoms with Crippen molar-refractivity contribution in [3.05, 3.63) is 0 Å².